The topological polar surface area (TPSA) is 26.3 Å². The van der Waals surface area contributed by atoms with E-state index in [1.165, 1.54) is 0 Å². The van der Waals surface area contributed by atoms with Crippen LogP contribution < -0.4 is 4.74 Å². The quantitative estimate of drug-likeness (QED) is 0.405. The minimum atomic E-state index is -0.589. The van der Waals surface area contributed by atoms with Crippen molar-refractivity contribution in [3.05, 3.63) is 64.7 Å². The molecule has 1 atom stereocenters. The molecule has 0 spiro atoms. The predicted octanol–water partition coefficient (Wildman–Crippen LogP) is 5.51. The van der Waals surface area contributed by atoms with Gasteiger partial charge in [-0.2, -0.15) is 0 Å². The Morgan fingerprint density at radius 3 is 2.52 bits per heavy atom. The van der Waals surface area contributed by atoms with E-state index in [2.05, 4.69) is 29.8 Å². The van der Waals surface area contributed by atoms with E-state index in [4.69, 9.17) is 16.3 Å². The monoisotopic (exact) mass is 366 g/mol. The van der Waals surface area contributed by atoms with Crippen LogP contribution in [0.25, 0.3) is 0 Å². The van der Waals surface area contributed by atoms with Crippen molar-refractivity contribution in [2.75, 3.05) is 0 Å². The summed E-state index contributed by atoms with van der Waals surface area (Å²) in [5.74, 6) is 0.540. The highest BCUT2D eigenvalue weighted by molar-refractivity contribution is 9.09. The fourth-order valence-corrected chi connectivity index (χ4v) is 2.78. The molecule has 0 fully saturated rings. The molecule has 0 bridgehead atoms. The Kier molecular flexibility index (Phi) is 5.43. The molecule has 0 heterocycles. The van der Waals surface area contributed by atoms with Gasteiger partial charge >= 0.3 is 5.97 Å². The SMILES string of the molecule is CC(C)c1cccc(OC(=O)C(Br)c2ccccc2Cl)c1. The Morgan fingerprint density at radius 2 is 1.86 bits per heavy atom. The number of esters is 1. The number of carbonyl (C=O) groups excluding carboxylic acids is 1. The number of halogens is 2. The smallest absolute Gasteiger partial charge is 0.329 e. The fourth-order valence-electron chi connectivity index (χ4n) is 1.91. The van der Waals surface area contributed by atoms with Crippen molar-refractivity contribution < 1.29 is 9.53 Å². The molecule has 0 amide bonds. The Labute approximate surface area is 138 Å². The largest absolute Gasteiger partial charge is 0.425 e. The molecular formula is C17H16BrClO2. The van der Waals surface area contributed by atoms with Gasteiger partial charge in [-0.05, 0) is 35.2 Å². The maximum absolute atomic E-state index is 12.2. The normalized spacial score (nSPS) is 12.2. The molecular weight excluding hydrogens is 352 g/mol. The van der Waals surface area contributed by atoms with Crippen LogP contribution in [0.2, 0.25) is 5.02 Å². The zero-order valence-corrected chi connectivity index (χ0v) is 14.2. The van der Waals surface area contributed by atoms with Crippen molar-refractivity contribution in [2.24, 2.45) is 0 Å². The number of carbonyl (C=O) groups is 1. The van der Waals surface area contributed by atoms with E-state index in [9.17, 15) is 4.79 Å². The van der Waals surface area contributed by atoms with Crippen LogP contribution in [0, 0.1) is 0 Å². The third-order valence-corrected chi connectivity index (χ3v) is 4.34. The van der Waals surface area contributed by atoms with Crippen LogP contribution in [0.4, 0.5) is 0 Å². The molecule has 0 aliphatic heterocycles. The lowest BCUT2D eigenvalue weighted by atomic mass is 10.0. The van der Waals surface area contributed by atoms with Gasteiger partial charge in [0.1, 0.15) is 10.6 Å². The summed E-state index contributed by atoms with van der Waals surface area (Å²) in [6.07, 6.45) is 0. The molecule has 0 saturated carbocycles. The number of ether oxygens (including phenoxy) is 1. The molecule has 2 aromatic carbocycles. The van der Waals surface area contributed by atoms with Crippen molar-refractivity contribution in [3.8, 4) is 5.75 Å². The van der Waals surface area contributed by atoms with Crippen molar-refractivity contribution >= 4 is 33.5 Å². The summed E-state index contributed by atoms with van der Waals surface area (Å²) in [6, 6.07) is 14.8. The zero-order chi connectivity index (χ0) is 15.4. The highest BCUT2D eigenvalue weighted by Gasteiger charge is 2.21. The second kappa shape index (κ2) is 7.10. The van der Waals surface area contributed by atoms with Gasteiger partial charge in [0.2, 0.25) is 0 Å². The van der Waals surface area contributed by atoms with E-state index in [0.717, 1.165) is 5.56 Å². The van der Waals surface area contributed by atoms with E-state index in [1.807, 2.05) is 30.3 Å². The molecule has 0 aliphatic rings. The minimum absolute atomic E-state index is 0.381. The van der Waals surface area contributed by atoms with E-state index in [1.54, 1.807) is 18.2 Å². The van der Waals surface area contributed by atoms with Gasteiger partial charge < -0.3 is 4.74 Å². The van der Waals surface area contributed by atoms with Crippen molar-refractivity contribution in [3.63, 3.8) is 0 Å². The molecule has 2 nitrogen and oxygen atoms in total. The van der Waals surface area contributed by atoms with E-state index < -0.39 is 4.83 Å². The van der Waals surface area contributed by atoms with Crippen molar-refractivity contribution in [2.45, 2.75) is 24.6 Å². The highest BCUT2D eigenvalue weighted by Crippen LogP contribution is 2.31. The Balaban J connectivity index is 2.14. The lowest BCUT2D eigenvalue weighted by molar-refractivity contribution is -0.133. The maximum atomic E-state index is 12.2. The Morgan fingerprint density at radius 1 is 1.14 bits per heavy atom. The number of hydrogen-bond donors (Lipinski definition) is 0. The predicted molar refractivity (Wildman–Crippen MR) is 89.3 cm³/mol. The molecule has 0 saturated heterocycles. The lowest BCUT2D eigenvalue weighted by Gasteiger charge is -2.13. The number of alkyl halides is 1. The first-order chi connectivity index (χ1) is 9.99. The van der Waals surface area contributed by atoms with Crippen molar-refractivity contribution in [1.82, 2.24) is 0 Å². The molecule has 21 heavy (non-hydrogen) atoms. The van der Waals surface area contributed by atoms with Gasteiger partial charge in [-0.1, -0.05) is 71.7 Å². The standard InChI is InChI=1S/C17H16BrClO2/c1-11(2)12-6-5-7-13(10-12)21-17(20)16(18)14-8-3-4-9-15(14)19/h3-11,16H,1-2H3. The average molecular weight is 368 g/mol. The maximum Gasteiger partial charge on any atom is 0.329 e. The molecule has 0 aliphatic carbocycles. The summed E-state index contributed by atoms with van der Waals surface area (Å²) in [5, 5.41) is 0.534. The van der Waals surface area contributed by atoms with E-state index in [-0.39, 0.29) is 5.97 Å². The van der Waals surface area contributed by atoms with Crippen LogP contribution in [0.15, 0.2) is 48.5 Å². The van der Waals surface area contributed by atoms with Gasteiger partial charge in [0.05, 0.1) is 0 Å². The zero-order valence-electron chi connectivity index (χ0n) is 11.8. The highest BCUT2D eigenvalue weighted by atomic mass is 79.9. The first kappa shape index (κ1) is 16.1. The number of hydrogen-bond acceptors (Lipinski definition) is 2. The summed E-state index contributed by atoms with van der Waals surface area (Å²) in [4.78, 5) is 11.6. The first-order valence-electron chi connectivity index (χ1n) is 6.69. The molecule has 110 valence electrons. The molecule has 2 aromatic rings. The summed E-state index contributed by atoms with van der Waals surface area (Å²) < 4.78 is 5.43. The molecule has 4 heteroatoms. The molecule has 1 unspecified atom stereocenters. The van der Waals surface area contributed by atoms with Crippen LogP contribution in [0.5, 0.6) is 5.75 Å². The Bertz CT molecular complexity index is 640. The van der Waals surface area contributed by atoms with Gasteiger partial charge in [0.25, 0.3) is 0 Å². The summed E-state index contributed by atoms with van der Waals surface area (Å²) in [7, 11) is 0. The number of rotatable bonds is 4. The number of benzene rings is 2. The minimum Gasteiger partial charge on any atom is -0.425 e. The first-order valence-corrected chi connectivity index (χ1v) is 7.98. The van der Waals surface area contributed by atoms with Crippen LogP contribution in [0.3, 0.4) is 0 Å². The van der Waals surface area contributed by atoms with Crippen LogP contribution in [0.1, 0.15) is 35.7 Å². The summed E-state index contributed by atoms with van der Waals surface area (Å²) in [5.41, 5.74) is 1.83. The van der Waals surface area contributed by atoms with Gasteiger partial charge in [0, 0.05) is 5.02 Å². The fraction of sp³-hybridized carbons (Fsp3) is 0.235. The van der Waals surface area contributed by atoms with Crippen molar-refractivity contribution in [1.29, 1.82) is 0 Å². The lowest BCUT2D eigenvalue weighted by Crippen LogP contribution is -2.14. The van der Waals surface area contributed by atoms with Gasteiger partial charge in [-0.3, -0.25) is 4.79 Å². The molecule has 2 rings (SSSR count). The summed E-state index contributed by atoms with van der Waals surface area (Å²) >= 11 is 9.44. The third-order valence-electron chi connectivity index (χ3n) is 3.13. The molecule has 0 N–H and O–H groups in total. The van der Waals surface area contributed by atoms with E-state index in [0.29, 0.717) is 22.3 Å². The molecule has 0 radical (unpaired) electrons. The molecule has 0 aromatic heterocycles. The third kappa shape index (κ3) is 4.08. The van der Waals surface area contributed by atoms with Gasteiger partial charge in [-0.25, -0.2) is 0 Å². The summed E-state index contributed by atoms with van der Waals surface area (Å²) in [6.45, 7) is 4.19. The van der Waals surface area contributed by atoms with Gasteiger partial charge in [0.15, 0.2) is 0 Å². The van der Waals surface area contributed by atoms with Crippen LogP contribution >= 0.6 is 27.5 Å². The second-order valence-electron chi connectivity index (χ2n) is 5.03. The van der Waals surface area contributed by atoms with E-state index >= 15 is 0 Å². The van der Waals surface area contributed by atoms with Gasteiger partial charge in [-0.15, -0.1) is 0 Å². The Hall–Kier alpha value is -1.32. The average Bonchev–Trinajstić information content (AvgIpc) is 2.47. The second-order valence-corrected chi connectivity index (χ2v) is 6.36. The van der Waals surface area contributed by atoms with Crippen LogP contribution in [-0.2, 0) is 4.79 Å². The van der Waals surface area contributed by atoms with Crippen LogP contribution in [-0.4, -0.2) is 5.97 Å².